The first kappa shape index (κ1) is 17.4. The summed E-state index contributed by atoms with van der Waals surface area (Å²) >= 11 is 5.96. The summed E-state index contributed by atoms with van der Waals surface area (Å²) in [5, 5.41) is 3.70. The molecule has 0 aliphatic heterocycles. The molecule has 0 aromatic heterocycles. The van der Waals surface area contributed by atoms with Crippen molar-refractivity contribution in [3.63, 3.8) is 0 Å². The van der Waals surface area contributed by atoms with E-state index >= 15 is 0 Å². The molecule has 0 radical (unpaired) electrons. The summed E-state index contributed by atoms with van der Waals surface area (Å²) in [5.41, 5.74) is 3.41. The van der Waals surface area contributed by atoms with Crippen LogP contribution in [-0.4, -0.2) is 25.5 Å². The van der Waals surface area contributed by atoms with Crippen LogP contribution in [0.4, 0.5) is 5.69 Å². The van der Waals surface area contributed by atoms with Crippen molar-refractivity contribution < 1.29 is 4.79 Å². The molecule has 0 spiro atoms. The van der Waals surface area contributed by atoms with Crippen molar-refractivity contribution in [2.45, 2.75) is 20.3 Å². The maximum Gasteiger partial charge on any atom is 0.239 e. The molecule has 122 valence electrons. The number of carbonyl (C=O) groups excluding carboxylic acids is 1. The van der Waals surface area contributed by atoms with Crippen molar-refractivity contribution in [1.29, 1.82) is 0 Å². The van der Waals surface area contributed by atoms with E-state index in [1.165, 1.54) is 5.56 Å². The van der Waals surface area contributed by atoms with E-state index in [9.17, 15) is 4.79 Å². The third-order valence-electron chi connectivity index (χ3n) is 3.71. The molecule has 0 heterocycles. The van der Waals surface area contributed by atoms with Gasteiger partial charge in [-0.1, -0.05) is 35.9 Å². The van der Waals surface area contributed by atoms with Gasteiger partial charge in [-0.05, 0) is 55.7 Å². The zero-order valence-corrected chi connectivity index (χ0v) is 14.4. The van der Waals surface area contributed by atoms with Gasteiger partial charge in [0.05, 0.1) is 6.54 Å². The van der Waals surface area contributed by atoms with Crippen molar-refractivity contribution in [3.05, 3.63) is 64.7 Å². The van der Waals surface area contributed by atoms with Gasteiger partial charge in [-0.25, -0.2) is 0 Å². The number of nitrogens with one attached hydrogen (secondary N) is 1. The van der Waals surface area contributed by atoms with Crippen molar-refractivity contribution in [2.75, 3.05) is 24.5 Å². The first-order valence-corrected chi connectivity index (χ1v) is 8.29. The highest BCUT2D eigenvalue weighted by Crippen LogP contribution is 2.15. The number of likely N-dealkylation sites (N-methyl/N-ethyl adjacent to an activating group) is 1. The van der Waals surface area contributed by atoms with Gasteiger partial charge in [-0.15, -0.1) is 0 Å². The second-order valence-electron chi connectivity index (χ2n) is 5.58. The molecular formula is C19H23ClN2O. The van der Waals surface area contributed by atoms with Crippen LogP contribution >= 0.6 is 11.6 Å². The lowest BCUT2D eigenvalue weighted by molar-refractivity contribution is -0.119. The zero-order chi connectivity index (χ0) is 16.7. The lowest BCUT2D eigenvalue weighted by atomic mass is 10.1. The summed E-state index contributed by atoms with van der Waals surface area (Å²) in [4.78, 5) is 14.2. The number of halogens is 1. The number of hydrogen-bond donors (Lipinski definition) is 1. The monoisotopic (exact) mass is 330 g/mol. The molecular weight excluding hydrogens is 308 g/mol. The first-order chi connectivity index (χ1) is 11.1. The second kappa shape index (κ2) is 8.59. The van der Waals surface area contributed by atoms with Gasteiger partial charge in [0.15, 0.2) is 0 Å². The molecule has 1 amide bonds. The average molecular weight is 331 g/mol. The lowest BCUT2D eigenvalue weighted by Gasteiger charge is -2.22. The Morgan fingerprint density at radius 1 is 1.17 bits per heavy atom. The zero-order valence-electron chi connectivity index (χ0n) is 13.7. The number of benzene rings is 2. The molecule has 0 atom stereocenters. The van der Waals surface area contributed by atoms with Gasteiger partial charge in [0, 0.05) is 23.8 Å². The number of hydrogen-bond acceptors (Lipinski definition) is 2. The van der Waals surface area contributed by atoms with Crippen molar-refractivity contribution in [2.24, 2.45) is 0 Å². The summed E-state index contributed by atoms with van der Waals surface area (Å²) in [6, 6.07) is 15.9. The molecule has 0 unspecified atom stereocenters. The van der Waals surface area contributed by atoms with E-state index in [-0.39, 0.29) is 5.91 Å². The minimum absolute atomic E-state index is 0.0374. The summed E-state index contributed by atoms with van der Waals surface area (Å²) in [5.74, 6) is 0.0374. The summed E-state index contributed by atoms with van der Waals surface area (Å²) in [6.07, 6.45) is 0.781. The second-order valence-corrected chi connectivity index (χ2v) is 6.02. The molecule has 2 aromatic carbocycles. The number of nitrogens with zero attached hydrogens (tertiary/aromatic N) is 1. The van der Waals surface area contributed by atoms with Crippen LogP contribution in [0, 0.1) is 6.92 Å². The van der Waals surface area contributed by atoms with E-state index in [0.717, 1.165) is 29.2 Å². The first-order valence-electron chi connectivity index (χ1n) is 7.91. The largest absolute Gasteiger partial charge is 0.362 e. The summed E-state index contributed by atoms with van der Waals surface area (Å²) in [6.45, 7) is 5.90. The fourth-order valence-electron chi connectivity index (χ4n) is 2.48. The minimum Gasteiger partial charge on any atom is -0.362 e. The summed E-state index contributed by atoms with van der Waals surface area (Å²) < 4.78 is 0. The van der Waals surface area contributed by atoms with Crippen molar-refractivity contribution in [3.8, 4) is 0 Å². The number of anilines is 1. The maximum atomic E-state index is 12.1. The highest BCUT2D eigenvalue weighted by Gasteiger charge is 2.09. The van der Waals surface area contributed by atoms with Crippen LogP contribution in [0.15, 0.2) is 48.5 Å². The minimum atomic E-state index is 0.0374. The van der Waals surface area contributed by atoms with E-state index in [0.29, 0.717) is 13.1 Å². The molecule has 0 aliphatic carbocycles. The topological polar surface area (TPSA) is 32.3 Å². The number of aryl methyl sites for hydroxylation is 1. The van der Waals surface area contributed by atoms with Gasteiger partial charge >= 0.3 is 0 Å². The Hall–Kier alpha value is -2.00. The van der Waals surface area contributed by atoms with Crippen LogP contribution in [0.2, 0.25) is 5.02 Å². The van der Waals surface area contributed by atoms with Crippen LogP contribution in [0.3, 0.4) is 0 Å². The lowest BCUT2D eigenvalue weighted by Crippen LogP contribution is -2.38. The standard InChI is InChI=1S/C19H23ClN2O/c1-3-22(18-9-4-6-15(2)12-18)14-19(23)21-11-10-16-7-5-8-17(20)13-16/h4-9,12-13H,3,10-11,14H2,1-2H3,(H,21,23). The highest BCUT2D eigenvalue weighted by atomic mass is 35.5. The van der Waals surface area contributed by atoms with Crippen LogP contribution in [0.25, 0.3) is 0 Å². The molecule has 23 heavy (non-hydrogen) atoms. The molecule has 0 saturated carbocycles. The number of rotatable bonds is 7. The van der Waals surface area contributed by atoms with E-state index in [2.05, 4.69) is 36.2 Å². The quantitative estimate of drug-likeness (QED) is 0.836. The van der Waals surface area contributed by atoms with Crippen molar-refractivity contribution >= 4 is 23.2 Å². The SMILES string of the molecule is CCN(CC(=O)NCCc1cccc(Cl)c1)c1cccc(C)c1. The van der Waals surface area contributed by atoms with Gasteiger partial charge in [0.1, 0.15) is 0 Å². The Kier molecular flexibility index (Phi) is 6.48. The average Bonchev–Trinajstić information content (AvgIpc) is 2.52. The molecule has 2 rings (SSSR count). The predicted molar refractivity (Wildman–Crippen MR) is 97.2 cm³/mol. The normalized spacial score (nSPS) is 10.4. The van der Waals surface area contributed by atoms with Crippen molar-refractivity contribution in [1.82, 2.24) is 5.32 Å². The molecule has 0 bridgehead atoms. The molecule has 0 saturated heterocycles. The fraction of sp³-hybridized carbons (Fsp3) is 0.316. The maximum absolute atomic E-state index is 12.1. The van der Waals surface area contributed by atoms with Gasteiger partial charge in [-0.3, -0.25) is 4.79 Å². The van der Waals surface area contributed by atoms with Gasteiger partial charge in [-0.2, -0.15) is 0 Å². The van der Waals surface area contributed by atoms with E-state index in [4.69, 9.17) is 11.6 Å². The summed E-state index contributed by atoms with van der Waals surface area (Å²) in [7, 11) is 0. The Morgan fingerprint density at radius 3 is 2.65 bits per heavy atom. The van der Waals surface area contributed by atoms with Crippen LogP contribution in [0.5, 0.6) is 0 Å². The Morgan fingerprint density at radius 2 is 1.96 bits per heavy atom. The van der Waals surface area contributed by atoms with Gasteiger partial charge < -0.3 is 10.2 Å². The Labute approximate surface area is 143 Å². The fourth-order valence-corrected chi connectivity index (χ4v) is 2.69. The van der Waals surface area contributed by atoms with E-state index < -0.39 is 0 Å². The molecule has 3 nitrogen and oxygen atoms in total. The van der Waals surface area contributed by atoms with Gasteiger partial charge in [0.25, 0.3) is 0 Å². The third-order valence-corrected chi connectivity index (χ3v) is 3.94. The number of carbonyl (C=O) groups is 1. The Bertz CT molecular complexity index is 657. The molecule has 1 N–H and O–H groups in total. The van der Waals surface area contributed by atoms with Crippen LogP contribution < -0.4 is 10.2 Å². The highest BCUT2D eigenvalue weighted by molar-refractivity contribution is 6.30. The molecule has 0 aliphatic rings. The number of amides is 1. The van der Waals surface area contributed by atoms with E-state index in [1.807, 2.05) is 36.4 Å². The van der Waals surface area contributed by atoms with E-state index in [1.54, 1.807) is 0 Å². The predicted octanol–water partition coefficient (Wildman–Crippen LogP) is 3.83. The third kappa shape index (κ3) is 5.61. The molecule has 2 aromatic rings. The van der Waals surface area contributed by atoms with Gasteiger partial charge in [0.2, 0.25) is 5.91 Å². The smallest absolute Gasteiger partial charge is 0.239 e. The van der Waals surface area contributed by atoms with Crippen LogP contribution in [-0.2, 0) is 11.2 Å². The molecule has 0 fully saturated rings. The Balaban J connectivity index is 1.83. The molecule has 4 heteroatoms. The van der Waals surface area contributed by atoms with Crippen LogP contribution in [0.1, 0.15) is 18.1 Å².